The van der Waals surface area contributed by atoms with E-state index in [1.807, 2.05) is 0 Å². The first kappa shape index (κ1) is 15.7. The first-order chi connectivity index (χ1) is 9.83. The fourth-order valence-electron chi connectivity index (χ4n) is 2.19. The van der Waals surface area contributed by atoms with Crippen LogP contribution in [-0.2, 0) is 10.0 Å². The Kier molecular flexibility index (Phi) is 4.45. The maximum absolute atomic E-state index is 12.2. The summed E-state index contributed by atoms with van der Waals surface area (Å²) in [5, 5.41) is 10.9. The number of benzene rings is 1. The van der Waals surface area contributed by atoms with Gasteiger partial charge >= 0.3 is 0 Å². The summed E-state index contributed by atoms with van der Waals surface area (Å²) in [6.07, 6.45) is 3.05. The summed E-state index contributed by atoms with van der Waals surface area (Å²) in [5.41, 5.74) is 1.85. The molecule has 9 heteroatoms. The van der Waals surface area contributed by atoms with E-state index in [1.165, 1.54) is 12.1 Å². The number of nitrogens with two attached hydrogens (primary N) is 1. The third kappa shape index (κ3) is 3.90. The van der Waals surface area contributed by atoms with Crippen LogP contribution < -0.4 is 16.0 Å². The number of anilines is 1. The number of nitro benzene ring substituents is 1. The first-order valence-corrected chi connectivity index (χ1v) is 8.09. The summed E-state index contributed by atoms with van der Waals surface area (Å²) in [7, 11) is -3.78. The number of rotatable bonds is 7. The standard InChI is InChI=1S/C12H18N4O4S/c1-8(6-9-2-3-9)15-21(19,20)10-4-5-11(14-13)12(7-10)16(17)18/h4-5,7-9,14-15H,2-3,6,13H2,1H3. The van der Waals surface area contributed by atoms with Crippen LogP contribution >= 0.6 is 0 Å². The predicted octanol–water partition coefficient (Wildman–Crippen LogP) is 1.35. The summed E-state index contributed by atoms with van der Waals surface area (Å²) in [4.78, 5) is 10.1. The lowest BCUT2D eigenvalue weighted by Gasteiger charge is -2.14. The molecule has 1 aromatic rings. The molecule has 1 saturated carbocycles. The van der Waals surface area contributed by atoms with Crippen molar-refractivity contribution in [1.29, 1.82) is 0 Å². The molecule has 0 bridgehead atoms. The molecule has 8 nitrogen and oxygen atoms in total. The van der Waals surface area contributed by atoms with Crippen LogP contribution in [0.25, 0.3) is 0 Å². The Morgan fingerprint density at radius 2 is 2.14 bits per heavy atom. The topological polar surface area (TPSA) is 127 Å². The monoisotopic (exact) mass is 314 g/mol. The molecule has 116 valence electrons. The van der Waals surface area contributed by atoms with E-state index in [9.17, 15) is 18.5 Å². The zero-order chi connectivity index (χ0) is 15.6. The van der Waals surface area contributed by atoms with Crippen LogP contribution in [0.5, 0.6) is 0 Å². The van der Waals surface area contributed by atoms with Crippen molar-refractivity contribution in [1.82, 2.24) is 4.72 Å². The molecule has 0 radical (unpaired) electrons. The molecular formula is C12H18N4O4S. The molecule has 4 N–H and O–H groups in total. The van der Waals surface area contributed by atoms with Gasteiger partial charge < -0.3 is 5.43 Å². The highest BCUT2D eigenvalue weighted by Gasteiger charge is 2.27. The van der Waals surface area contributed by atoms with Crippen molar-refractivity contribution in [3.63, 3.8) is 0 Å². The van der Waals surface area contributed by atoms with Gasteiger partial charge in [-0.1, -0.05) is 12.8 Å². The van der Waals surface area contributed by atoms with Crippen LogP contribution in [0, 0.1) is 16.0 Å². The maximum atomic E-state index is 12.2. The van der Waals surface area contributed by atoms with E-state index < -0.39 is 14.9 Å². The van der Waals surface area contributed by atoms with E-state index in [0.29, 0.717) is 5.92 Å². The van der Waals surface area contributed by atoms with Gasteiger partial charge in [-0.25, -0.2) is 13.1 Å². The summed E-state index contributed by atoms with van der Waals surface area (Å²) < 4.78 is 27.0. The van der Waals surface area contributed by atoms with E-state index in [-0.39, 0.29) is 22.3 Å². The van der Waals surface area contributed by atoms with Gasteiger partial charge in [0.05, 0.1) is 9.82 Å². The highest BCUT2D eigenvalue weighted by molar-refractivity contribution is 7.89. The van der Waals surface area contributed by atoms with Crippen molar-refractivity contribution in [2.24, 2.45) is 11.8 Å². The molecule has 1 fully saturated rings. The zero-order valence-electron chi connectivity index (χ0n) is 11.6. The largest absolute Gasteiger partial charge is 0.318 e. The number of nitrogen functional groups attached to an aromatic ring is 1. The summed E-state index contributed by atoms with van der Waals surface area (Å²) in [6.45, 7) is 1.79. The molecule has 1 aliphatic carbocycles. The number of nitrogens with one attached hydrogen (secondary N) is 2. The van der Waals surface area contributed by atoms with Crippen molar-refractivity contribution in [3.05, 3.63) is 28.3 Å². The molecule has 0 heterocycles. The molecule has 1 aromatic carbocycles. The SMILES string of the molecule is CC(CC1CC1)NS(=O)(=O)c1ccc(NN)c([N+](=O)[O-])c1. The molecule has 0 saturated heterocycles. The number of nitrogens with zero attached hydrogens (tertiary/aromatic N) is 1. The van der Waals surface area contributed by atoms with Gasteiger partial charge in [0.1, 0.15) is 5.69 Å². The third-order valence-electron chi connectivity index (χ3n) is 3.37. The minimum atomic E-state index is -3.78. The molecule has 1 atom stereocenters. The van der Waals surface area contributed by atoms with E-state index in [2.05, 4.69) is 10.1 Å². The van der Waals surface area contributed by atoms with Crippen LogP contribution in [0.1, 0.15) is 26.2 Å². The van der Waals surface area contributed by atoms with Crippen LogP contribution in [0.2, 0.25) is 0 Å². The molecule has 1 aliphatic rings. The van der Waals surface area contributed by atoms with Crippen molar-refractivity contribution in [2.45, 2.75) is 37.1 Å². The van der Waals surface area contributed by atoms with Crippen LogP contribution in [0.15, 0.2) is 23.1 Å². The second-order valence-corrected chi connectivity index (χ2v) is 7.00. The normalized spacial score (nSPS) is 16.5. The van der Waals surface area contributed by atoms with Crippen LogP contribution in [-0.4, -0.2) is 19.4 Å². The summed E-state index contributed by atoms with van der Waals surface area (Å²) in [5.74, 6) is 5.75. The van der Waals surface area contributed by atoms with Crippen LogP contribution in [0.4, 0.5) is 11.4 Å². The lowest BCUT2D eigenvalue weighted by molar-refractivity contribution is -0.384. The quantitative estimate of drug-likeness (QED) is 0.396. The Balaban J connectivity index is 2.22. The molecule has 0 spiro atoms. The smallest absolute Gasteiger partial charge is 0.294 e. The van der Waals surface area contributed by atoms with Gasteiger partial charge in [-0.15, -0.1) is 0 Å². The second kappa shape index (κ2) is 5.96. The molecule has 21 heavy (non-hydrogen) atoms. The Hall–Kier alpha value is -1.71. The van der Waals surface area contributed by atoms with E-state index in [4.69, 9.17) is 5.84 Å². The Morgan fingerprint density at radius 3 is 2.67 bits per heavy atom. The number of sulfonamides is 1. The molecular weight excluding hydrogens is 296 g/mol. The Bertz CT molecular complexity index is 643. The average Bonchev–Trinajstić information content (AvgIpc) is 3.20. The molecule has 1 unspecified atom stereocenters. The molecule has 0 aromatic heterocycles. The number of hydrogen-bond acceptors (Lipinski definition) is 6. The third-order valence-corrected chi connectivity index (χ3v) is 4.96. The highest BCUT2D eigenvalue weighted by Crippen LogP contribution is 2.34. The van der Waals surface area contributed by atoms with E-state index in [1.54, 1.807) is 6.92 Å². The molecule has 2 rings (SSSR count). The predicted molar refractivity (Wildman–Crippen MR) is 78.0 cm³/mol. The lowest BCUT2D eigenvalue weighted by atomic mass is 10.2. The van der Waals surface area contributed by atoms with Crippen LogP contribution in [0.3, 0.4) is 0 Å². The van der Waals surface area contributed by atoms with Gasteiger partial charge in [-0.2, -0.15) is 0 Å². The zero-order valence-corrected chi connectivity index (χ0v) is 12.4. The minimum Gasteiger partial charge on any atom is -0.318 e. The Labute approximate surface area is 122 Å². The highest BCUT2D eigenvalue weighted by atomic mass is 32.2. The number of nitro groups is 1. The number of hydrogen-bond donors (Lipinski definition) is 3. The molecule has 0 aliphatic heterocycles. The van der Waals surface area contributed by atoms with Gasteiger partial charge in [0, 0.05) is 12.1 Å². The molecule has 0 amide bonds. The van der Waals surface area contributed by atoms with Gasteiger partial charge in [-0.05, 0) is 31.4 Å². The fourth-order valence-corrected chi connectivity index (χ4v) is 3.46. The fraction of sp³-hybridized carbons (Fsp3) is 0.500. The van der Waals surface area contributed by atoms with Crippen molar-refractivity contribution < 1.29 is 13.3 Å². The van der Waals surface area contributed by atoms with Gasteiger partial charge in [0.25, 0.3) is 5.69 Å². The van der Waals surface area contributed by atoms with E-state index in [0.717, 1.165) is 25.3 Å². The van der Waals surface area contributed by atoms with Crippen molar-refractivity contribution in [3.8, 4) is 0 Å². The lowest BCUT2D eigenvalue weighted by Crippen LogP contribution is -2.33. The average molecular weight is 314 g/mol. The van der Waals surface area contributed by atoms with Gasteiger partial charge in [-0.3, -0.25) is 16.0 Å². The summed E-state index contributed by atoms with van der Waals surface area (Å²) in [6, 6.07) is 3.36. The minimum absolute atomic E-state index is 0.0602. The summed E-state index contributed by atoms with van der Waals surface area (Å²) >= 11 is 0. The van der Waals surface area contributed by atoms with E-state index >= 15 is 0 Å². The first-order valence-electron chi connectivity index (χ1n) is 6.61. The van der Waals surface area contributed by atoms with Crippen molar-refractivity contribution in [2.75, 3.05) is 5.43 Å². The second-order valence-electron chi connectivity index (χ2n) is 5.28. The van der Waals surface area contributed by atoms with Gasteiger partial charge in [0.15, 0.2) is 0 Å². The maximum Gasteiger partial charge on any atom is 0.294 e. The number of hydrazine groups is 1. The van der Waals surface area contributed by atoms with Gasteiger partial charge in [0.2, 0.25) is 10.0 Å². The van der Waals surface area contributed by atoms with Crippen molar-refractivity contribution >= 4 is 21.4 Å². The Morgan fingerprint density at radius 1 is 1.48 bits per heavy atom.